The molecule has 8 heteroatoms. The van der Waals surface area contributed by atoms with Crippen LogP contribution in [-0.4, -0.2) is 31.6 Å². The van der Waals surface area contributed by atoms with E-state index in [4.69, 9.17) is 21.1 Å². The van der Waals surface area contributed by atoms with E-state index in [9.17, 15) is 14.4 Å². The van der Waals surface area contributed by atoms with Crippen molar-refractivity contribution in [1.82, 2.24) is 5.32 Å². The van der Waals surface area contributed by atoms with Crippen LogP contribution in [0.5, 0.6) is 11.5 Å². The van der Waals surface area contributed by atoms with Crippen LogP contribution in [0.1, 0.15) is 23.6 Å². The fraction of sp³-hybridized carbons (Fsp3) is 0.227. The van der Waals surface area contributed by atoms with Gasteiger partial charge in [-0.2, -0.15) is 0 Å². The third-order valence-corrected chi connectivity index (χ3v) is 4.78. The Morgan fingerprint density at radius 2 is 1.70 bits per heavy atom. The second-order valence-corrected chi connectivity index (χ2v) is 7.17. The Morgan fingerprint density at radius 3 is 2.30 bits per heavy atom. The minimum atomic E-state index is -0.803. The van der Waals surface area contributed by atoms with Crippen molar-refractivity contribution < 1.29 is 23.9 Å². The Balaban J connectivity index is 2.07. The maximum Gasteiger partial charge on any atom is 0.335 e. The van der Waals surface area contributed by atoms with Gasteiger partial charge in [-0.3, -0.25) is 14.9 Å². The molecule has 2 aromatic carbocycles. The number of ether oxygens (including phenoxy) is 2. The molecule has 0 aromatic heterocycles. The number of nitrogens with zero attached hydrogens (tertiary/aromatic N) is 1. The molecule has 0 aliphatic carbocycles. The van der Waals surface area contributed by atoms with Crippen LogP contribution in [0.15, 0.2) is 35.9 Å². The number of benzene rings is 2. The summed E-state index contributed by atoms with van der Waals surface area (Å²) in [5, 5.41) is 2.47. The minimum absolute atomic E-state index is 0.220. The topological polar surface area (TPSA) is 84.9 Å². The van der Waals surface area contributed by atoms with E-state index in [1.54, 1.807) is 24.3 Å². The molecule has 156 valence electrons. The van der Waals surface area contributed by atoms with Gasteiger partial charge in [-0.25, -0.2) is 9.69 Å². The highest BCUT2D eigenvalue weighted by atomic mass is 35.5. The molecule has 1 fully saturated rings. The predicted octanol–water partition coefficient (Wildman–Crippen LogP) is 4.03. The van der Waals surface area contributed by atoms with Gasteiger partial charge in [-0.05, 0) is 61.7 Å². The van der Waals surface area contributed by atoms with Gasteiger partial charge >= 0.3 is 6.03 Å². The Hall–Kier alpha value is -3.32. The third-order valence-electron chi connectivity index (χ3n) is 4.45. The van der Waals surface area contributed by atoms with Crippen LogP contribution < -0.4 is 19.7 Å². The summed E-state index contributed by atoms with van der Waals surface area (Å²) in [4.78, 5) is 38.8. The van der Waals surface area contributed by atoms with Gasteiger partial charge < -0.3 is 9.47 Å². The summed E-state index contributed by atoms with van der Waals surface area (Å²) in [5.74, 6) is -0.690. The minimum Gasteiger partial charge on any atom is -0.493 e. The molecule has 4 amide bonds. The summed E-state index contributed by atoms with van der Waals surface area (Å²) in [6.07, 6.45) is 1.33. The number of amides is 4. The maximum absolute atomic E-state index is 13.1. The van der Waals surface area contributed by atoms with Crippen molar-refractivity contribution in [3.63, 3.8) is 0 Å². The van der Waals surface area contributed by atoms with Gasteiger partial charge in [0.25, 0.3) is 11.8 Å². The van der Waals surface area contributed by atoms with Crippen LogP contribution in [0.4, 0.5) is 10.5 Å². The molecule has 30 heavy (non-hydrogen) atoms. The van der Waals surface area contributed by atoms with Crippen molar-refractivity contribution >= 4 is 41.2 Å². The molecule has 0 atom stereocenters. The van der Waals surface area contributed by atoms with Crippen molar-refractivity contribution in [2.24, 2.45) is 0 Å². The molecule has 1 N–H and O–H groups in total. The Labute approximate surface area is 179 Å². The fourth-order valence-electron chi connectivity index (χ4n) is 3.22. The lowest BCUT2D eigenvalue weighted by molar-refractivity contribution is -0.122. The van der Waals surface area contributed by atoms with Crippen LogP contribution in [-0.2, 0) is 9.59 Å². The van der Waals surface area contributed by atoms with Gasteiger partial charge in [0, 0.05) is 6.07 Å². The standard InChI is InChI=1S/C22H21ClN2O5/c1-5-30-19-11-17(23)14(10-18(19)29-4)9-16-20(26)24-22(28)25(21(16)27)15-7-12(2)6-13(3)8-15/h6-11H,5H2,1-4H3,(H,24,26,28)/b16-9+. The van der Waals surface area contributed by atoms with E-state index < -0.39 is 17.8 Å². The number of imide groups is 2. The van der Waals surface area contributed by atoms with Crippen LogP contribution >= 0.6 is 11.6 Å². The van der Waals surface area contributed by atoms with Crippen LogP contribution in [0.2, 0.25) is 5.02 Å². The third kappa shape index (κ3) is 4.16. The number of methoxy groups -OCH3 is 1. The van der Waals surface area contributed by atoms with Crippen molar-refractivity contribution in [3.8, 4) is 11.5 Å². The van der Waals surface area contributed by atoms with Crippen LogP contribution in [0.3, 0.4) is 0 Å². The van der Waals surface area contributed by atoms with Crippen molar-refractivity contribution in [1.29, 1.82) is 0 Å². The van der Waals surface area contributed by atoms with E-state index in [0.29, 0.717) is 29.4 Å². The molecule has 0 unspecified atom stereocenters. The molecule has 1 heterocycles. The first-order chi connectivity index (χ1) is 14.2. The number of anilines is 1. The zero-order chi connectivity index (χ0) is 22.0. The molecule has 2 aromatic rings. The van der Waals surface area contributed by atoms with Crippen molar-refractivity contribution in [2.45, 2.75) is 20.8 Å². The first kappa shape index (κ1) is 21.4. The average molecular weight is 429 g/mol. The molecule has 0 bridgehead atoms. The highest BCUT2D eigenvalue weighted by Crippen LogP contribution is 2.35. The Morgan fingerprint density at radius 1 is 1.03 bits per heavy atom. The van der Waals surface area contributed by atoms with E-state index in [1.807, 2.05) is 26.8 Å². The summed E-state index contributed by atoms with van der Waals surface area (Å²) < 4.78 is 10.8. The molecule has 7 nitrogen and oxygen atoms in total. The smallest absolute Gasteiger partial charge is 0.335 e. The normalized spacial score (nSPS) is 15.4. The Bertz CT molecular complexity index is 1060. The number of aryl methyl sites for hydroxylation is 2. The number of carbonyl (C=O) groups is 3. The Kier molecular flexibility index (Phi) is 6.12. The number of carbonyl (C=O) groups excluding carboxylic acids is 3. The van der Waals surface area contributed by atoms with E-state index in [1.165, 1.54) is 13.2 Å². The number of barbiturate groups is 1. The summed E-state index contributed by atoms with van der Waals surface area (Å²) in [5.41, 5.74) is 2.30. The van der Waals surface area contributed by atoms with E-state index in [2.05, 4.69) is 5.32 Å². The van der Waals surface area contributed by atoms with E-state index in [-0.39, 0.29) is 10.6 Å². The number of rotatable bonds is 5. The summed E-state index contributed by atoms with van der Waals surface area (Å²) >= 11 is 6.33. The number of hydrogen-bond donors (Lipinski definition) is 1. The quantitative estimate of drug-likeness (QED) is 0.574. The molecule has 1 aliphatic heterocycles. The van der Waals surface area contributed by atoms with Crippen molar-refractivity contribution in [3.05, 3.63) is 57.6 Å². The first-order valence-corrected chi connectivity index (χ1v) is 9.63. The zero-order valence-corrected chi connectivity index (χ0v) is 17.8. The number of halogens is 1. The van der Waals surface area contributed by atoms with Crippen molar-refractivity contribution in [2.75, 3.05) is 18.6 Å². The monoisotopic (exact) mass is 428 g/mol. The molecule has 1 saturated heterocycles. The largest absolute Gasteiger partial charge is 0.493 e. The van der Waals surface area contributed by atoms with Gasteiger partial charge in [0.1, 0.15) is 5.57 Å². The number of nitrogens with one attached hydrogen (secondary N) is 1. The van der Waals surface area contributed by atoms with Crippen LogP contribution in [0.25, 0.3) is 6.08 Å². The molecular formula is C22H21ClN2O5. The maximum atomic E-state index is 13.1. The zero-order valence-electron chi connectivity index (χ0n) is 17.0. The lowest BCUT2D eigenvalue weighted by Crippen LogP contribution is -2.54. The number of urea groups is 1. The molecular weight excluding hydrogens is 408 g/mol. The van der Waals surface area contributed by atoms with E-state index >= 15 is 0 Å². The first-order valence-electron chi connectivity index (χ1n) is 9.25. The fourth-order valence-corrected chi connectivity index (χ4v) is 3.42. The summed E-state index contributed by atoms with van der Waals surface area (Å²) in [6.45, 7) is 5.96. The van der Waals surface area contributed by atoms with E-state index in [0.717, 1.165) is 16.0 Å². The average Bonchev–Trinajstić information content (AvgIpc) is 2.66. The lowest BCUT2D eigenvalue weighted by Gasteiger charge is -2.27. The molecule has 0 radical (unpaired) electrons. The van der Waals surface area contributed by atoms with Crippen LogP contribution in [0, 0.1) is 13.8 Å². The molecule has 1 aliphatic rings. The summed E-state index contributed by atoms with van der Waals surface area (Å²) in [7, 11) is 1.47. The summed E-state index contributed by atoms with van der Waals surface area (Å²) in [6, 6.07) is 7.63. The SMILES string of the molecule is CCOc1cc(Cl)c(/C=C2\C(=O)NC(=O)N(c3cc(C)cc(C)c3)C2=O)cc1OC. The highest BCUT2D eigenvalue weighted by Gasteiger charge is 2.37. The number of hydrogen-bond acceptors (Lipinski definition) is 5. The predicted molar refractivity (Wildman–Crippen MR) is 114 cm³/mol. The molecule has 0 saturated carbocycles. The molecule has 0 spiro atoms. The van der Waals surface area contributed by atoms with Gasteiger partial charge in [-0.15, -0.1) is 0 Å². The van der Waals surface area contributed by atoms with Gasteiger partial charge in [0.2, 0.25) is 0 Å². The molecule has 3 rings (SSSR count). The van der Waals surface area contributed by atoms with Gasteiger partial charge in [-0.1, -0.05) is 17.7 Å². The highest BCUT2D eigenvalue weighted by molar-refractivity contribution is 6.40. The second-order valence-electron chi connectivity index (χ2n) is 6.76. The van der Waals surface area contributed by atoms with Gasteiger partial charge in [0.05, 0.1) is 24.4 Å². The van der Waals surface area contributed by atoms with Gasteiger partial charge in [0.15, 0.2) is 11.5 Å². The second kappa shape index (κ2) is 8.59. The lowest BCUT2D eigenvalue weighted by atomic mass is 10.0.